The van der Waals surface area contributed by atoms with Gasteiger partial charge < -0.3 is 5.32 Å². The van der Waals surface area contributed by atoms with Crippen molar-refractivity contribution < 1.29 is 26.4 Å². The molecule has 0 aliphatic rings. The first-order valence-electron chi connectivity index (χ1n) is 8.52. The van der Waals surface area contributed by atoms with Gasteiger partial charge in [0.25, 0.3) is 15.9 Å². The number of hydrogen-bond acceptors (Lipinski definition) is 3. The van der Waals surface area contributed by atoms with Crippen molar-refractivity contribution in [2.45, 2.75) is 11.1 Å². The van der Waals surface area contributed by atoms with Crippen LogP contribution in [0.1, 0.15) is 15.9 Å². The number of amides is 1. The summed E-state index contributed by atoms with van der Waals surface area (Å²) in [5.41, 5.74) is -0.647. The van der Waals surface area contributed by atoms with Crippen LogP contribution in [0.4, 0.5) is 24.5 Å². The maximum absolute atomic E-state index is 13.0. The summed E-state index contributed by atoms with van der Waals surface area (Å²) >= 11 is 7.66. The average molecular weight is 581 g/mol. The Morgan fingerprint density at radius 2 is 1.48 bits per heavy atom. The maximum atomic E-state index is 13.0. The Morgan fingerprint density at radius 3 is 2.06 bits per heavy atom. The number of halogens is 5. The van der Waals surface area contributed by atoms with E-state index in [1.54, 1.807) is 24.3 Å². The molecule has 0 fully saturated rings. The number of nitrogens with one attached hydrogen (secondary N) is 2. The molecule has 31 heavy (non-hydrogen) atoms. The Bertz CT molecular complexity index is 1220. The van der Waals surface area contributed by atoms with Crippen molar-refractivity contribution in [1.29, 1.82) is 0 Å². The van der Waals surface area contributed by atoms with Gasteiger partial charge in [0, 0.05) is 20.5 Å². The third kappa shape index (κ3) is 5.89. The third-order valence-electron chi connectivity index (χ3n) is 4.05. The Balaban J connectivity index is 1.75. The molecule has 0 radical (unpaired) electrons. The fourth-order valence-electron chi connectivity index (χ4n) is 2.54. The molecule has 0 aromatic heterocycles. The topological polar surface area (TPSA) is 75.3 Å². The monoisotopic (exact) mass is 580 g/mol. The molecule has 3 aromatic rings. The molecular formula is C20H13ClF3IN2O3S. The fourth-order valence-corrected chi connectivity index (χ4v) is 4.18. The lowest BCUT2D eigenvalue weighted by Crippen LogP contribution is -2.15. The van der Waals surface area contributed by atoms with Crippen molar-refractivity contribution in [2.75, 3.05) is 10.0 Å². The number of carbonyl (C=O) groups is 1. The van der Waals surface area contributed by atoms with Crippen LogP contribution in [0.3, 0.4) is 0 Å². The van der Waals surface area contributed by atoms with Gasteiger partial charge in [0.2, 0.25) is 0 Å². The molecule has 0 aliphatic heterocycles. The third-order valence-corrected chi connectivity index (χ3v) is 6.50. The van der Waals surface area contributed by atoms with E-state index in [1.165, 1.54) is 24.3 Å². The zero-order valence-electron chi connectivity index (χ0n) is 15.4. The van der Waals surface area contributed by atoms with Crippen LogP contribution in [0, 0.1) is 3.57 Å². The normalized spacial score (nSPS) is 11.8. The summed E-state index contributed by atoms with van der Waals surface area (Å²) in [4.78, 5) is 12.1. The van der Waals surface area contributed by atoms with Gasteiger partial charge in [-0.1, -0.05) is 11.6 Å². The lowest BCUT2D eigenvalue weighted by molar-refractivity contribution is -0.137. The summed E-state index contributed by atoms with van der Waals surface area (Å²) in [5.74, 6) is -0.369. The predicted octanol–water partition coefficient (Wildman–Crippen LogP) is 6.02. The molecule has 2 N–H and O–H groups in total. The average Bonchev–Trinajstić information content (AvgIpc) is 2.69. The van der Waals surface area contributed by atoms with Crippen molar-refractivity contribution in [3.05, 3.63) is 86.4 Å². The Morgan fingerprint density at radius 1 is 0.903 bits per heavy atom. The number of carbonyl (C=O) groups excluding carboxylic acids is 1. The standard InChI is InChI=1S/C20H13ClF3IN2O3S/c21-18-10-7-15(11-17(18)20(22,23)24)27-31(29,30)16-8-5-14(6-9-16)26-19(28)12-1-3-13(25)4-2-12/h1-11,27H,(H,26,28). The second kappa shape index (κ2) is 9.05. The molecule has 11 heteroatoms. The summed E-state index contributed by atoms with van der Waals surface area (Å²) in [5, 5.41) is 2.10. The quantitative estimate of drug-likeness (QED) is 0.363. The molecule has 0 unspecified atom stereocenters. The molecule has 0 atom stereocenters. The number of sulfonamides is 1. The summed E-state index contributed by atoms with van der Waals surface area (Å²) in [6.45, 7) is 0. The van der Waals surface area contributed by atoms with Gasteiger partial charge in [0.15, 0.2) is 0 Å². The smallest absolute Gasteiger partial charge is 0.322 e. The van der Waals surface area contributed by atoms with Crippen LogP contribution in [0.15, 0.2) is 71.6 Å². The maximum Gasteiger partial charge on any atom is 0.417 e. The van der Waals surface area contributed by atoms with Crippen molar-refractivity contribution >= 4 is 61.5 Å². The fraction of sp³-hybridized carbons (Fsp3) is 0.0500. The molecule has 3 aromatic carbocycles. The van der Waals surface area contributed by atoms with Gasteiger partial charge in [-0.15, -0.1) is 0 Å². The predicted molar refractivity (Wildman–Crippen MR) is 121 cm³/mol. The van der Waals surface area contributed by atoms with Gasteiger partial charge in [-0.05, 0) is 89.3 Å². The molecule has 0 saturated heterocycles. The molecule has 0 saturated carbocycles. The SMILES string of the molecule is O=C(Nc1ccc(S(=O)(=O)Nc2ccc(Cl)c(C(F)(F)F)c2)cc1)c1ccc(I)cc1. The van der Waals surface area contributed by atoms with Crippen LogP contribution in [0.5, 0.6) is 0 Å². The highest BCUT2D eigenvalue weighted by atomic mass is 127. The van der Waals surface area contributed by atoms with Crippen LogP contribution in [-0.2, 0) is 16.2 Å². The summed E-state index contributed by atoms with van der Waals surface area (Å²) in [6.07, 6.45) is -4.73. The van der Waals surface area contributed by atoms with Crippen LogP contribution in [0.25, 0.3) is 0 Å². The van der Waals surface area contributed by atoms with E-state index >= 15 is 0 Å². The highest BCUT2D eigenvalue weighted by molar-refractivity contribution is 14.1. The van der Waals surface area contributed by atoms with E-state index in [0.29, 0.717) is 17.3 Å². The number of rotatable bonds is 5. The van der Waals surface area contributed by atoms with Crippen molar-refractivity contribution in [2.24, 2.45) is 0 Å². The first kappa shape index (κ1) is 23.4. The Labute approximate surface area is 194 Å². The molecule has 1 amide bonds. The lowest BCUT2D eigenvalue weighted by atomic mass is 10.2. The second-order valence-corrected chi connectivity index (χ2v) is 9.62. The molecule has 0 spiro atoms. The zero-order valence-corrected chi connectivity index (χ0v) is 19.1. The number of alkyl halides is 3. The molecule has 162 valence electrons. The Hall–Kier alpha value is -2.31. The first-order valence-corrected chi connectivity index (χ1v) is 11.5. The van der Waals surface area contributed by atoms with Crippen LogP contribution in [-0.4, -0.2) is 14.3 Å². The van der Waals surface area contributed by atoms with Gasteiger partial charge in [0.05, 0.1) is 15.5 Å². The molecule has 0 heterocycles. The summed E-state index contributed by atoms with van der Waals surface area (Å²) in [7, 11) is -4.16. The number of anilines is 2. The molecule has 3 rings (SSSR count). The van der Waals surface area contributed by atoms with E-state index in [0.717, 1.165) is 15.7 Å². The summed E-state index contributed by atoms with van der Waals surface area (Å²) < 4.78 is 67.0. The number of benzene rings is 3. The van der Waals surface area contributed by atoms with Gasteiger partial charge in [-0.2, -0.15) is 13.2 Å². The van der Waals surface area contributed by atoms with Gasteiger partial charge in [0.1, 0.15) is 0 Å². The lowest BCUT2D eigenvalue weighted by Gasteiger charge is -2.13. The molecular weight excluding hydrogens is 568 g/mol. The Kier molecular flexibility index (Phi) is 6.82. The minimum Gasteiger partial charge on any atom is -0.322 e. The zero-order chi connectivity index (χ0) is 22.8. The van der Waals surface area contributed by atoms with Gasteiger partial charge in [-0.3, -0.25) is 9.52 Å². The molecule has 5 nitrogen and oxygen atoms in total. The minimum absolute atomic E-state index is 0.191. The van der Waals surface area contributed by atoms with E-state index in [1.807, 2.05) is 0 Å². The van der Waals surface area contributed by atoms with E-state index < -0.39 is 26.8 Å². The van der Waals surface area contributed by atoms with E-state index in [4.69, 9.17) is 11.6 Å². The van der Waals surface area contributed by atoms with Crippen LogP contribution in [0.2, 0.25) is 5.02 Å². The van der Waals surface area contributed by atoms with E-state index in [9.17, 15) is 26.4 Å². The van der Waals surface area contributed by atoms with Crippen molar-refractivity contribution in [3.8, 4) is 0 Å². The molecule has 0 bridgehead atoms. The largest absolute Gasteiger partial charge is 0.417 e. The van der Waals surface area contributed by atoms with Crippen molar-refractivity contribution in [1.82, 2.24) is 0 Å². The first-order chi connectivity index (χ1) is 14.5. The highest BCUT2D eigenvalue weighted by Crippen LogP contribution is 2.36. The van der Waals surface area contributed by atoms with E-state index in [2.05, 4.69) is 32.6 Å². The van der Waals surface area contributed by atoms with E-state index in [-0.39, 0.29) is 16.5 Å². The van der Waals surface area contributed by atoms with Crippen LogP contribution >= 0.6 is 34.2 Å². The second-order valence-electron chi connectivity index (χ2n) is 6.28. The van der Waals surface area contributed by atoms with Gasteiger partial charge >= 0.3 is 6.18 Å². The van der Waals surface area contributed by atoms with Gasteiger partial charge in [-0.25, -0.2) is 8.42 Å². The summed E-state index contributed by atoms with van der Waals surface area (Å²) in [6, 6.07) is 14.8. The van der Waals surface area contributed by atoms with Crippen LogP contribution < -0.4 is 10.0 Å². The highest BCUT2D eigenvalue weighted by Gasteiger charge is 2.33. The molecule has 0 aliphatic carbocycles. The number of hydrogen-bond donors (Lipinski definition) is 2. The van der Waals surface area contributed by atoms with Crippen molar-refractivity contribution in [3.63, 3.8) is 0 Å². The minimum atomic E-state index is -4.73.